The molecule has 7 nitrogen and oxygen atoms in total. The zero-order valence-corrected chi connectivity index (χ0v) is 17.9. The summed E-state index contributed by atoms with van der Waals surface area (Å²) in [7, 11) is 0. The van der Waals surface area contributed by atoms with E-state index >= 15 is 0 Å². The first-order valence-electron chi connectivity index (χ1n) is 9.76. The lowest BCUT2D eigenvalue weighted by molar-refractivity contribution is -0.119. The molecule has 0 atom stereocenters. The molecular formula is C23H17F2N5O2S. The number of thioether (sulfide) groups is 1. The Labute approximate surface area is 191 Å². The van der Waals surface area contributed by atoms with Gasteiger partial charge in [0.2, 0.25) is 5.91 Å². The normalized spacial score (nSPS) is 10.6. The van der Waals surface area contributed by atoms with Crippen LogP contribution in [0.5, 0.6) is 0 Å². The summed E-state index contributed by atoms with van der Waals surface area (Å²) in [6, 6.07) is 20.6. The number of hydrazine groups is 1. The molecule has 1 aromatic heterocycles. The average Bonchev–Trinajstić information content (AvgIpc) is 3.26. The van der Waals surface area contributed by atoms with Gasteiger partial charge in [0.1, 0.15) is 11.6 Å². The Morgan fingerprint density at radius 1 is 0.879 bits per heavy atom. The van der Waals surface area contributed by atoms with Crippen LogP contribution in [0, 0.1) is 11.6 Å². The third-order valence-electron chi connectivity index (χ3n) is 4.50. The van der Waals surface area contributed by atoms with Gasteiger partial charge in [-0.25, -0.2) is 8.78 Å². The zero-order chi connectivity index (χ0) is 23.2. The molecule has 2 amide bonds. The van der Waals surface area contributed by atoms with Crippen LogP contribution >= 0.6 is 11.8 Å². The first-order valence-corrected chi connectivity index (χ1v) is 10.7. The van der Waals surface area contributed by atoms with Crippen molar-refractivity contribution in [3.63, 3.8) is 0 Å². The van der Waals surface area contributed by atoms with Crippen molar-refractivity contribution in [3.05, 3.63) is 96.1 Å². The molecule has 0 radical (unpaired) electrons. The maximum atomic E-state index is 14.6. The predicted molar refractivity (Wildman–Crippen MR) is 119 cm³/mol. The number of rotatable bonds is 6. The maximum absolute atomic E-state index is 14.6. The smallest absolute Gasteiger partial charge is 0.269 e. The van der Waals surface area contributed by atoms with E-state index in [0.717, 1.165) is 23.9 Å². The summed E-state index contributed by atoms with van der Waals surface area (Å²) in [4.78, 5) is 24.3. The van der Waals surface area contributed by atoms with Gasteiger partial charge in [0.25, 0.3) is 5.91 Å². The van der Waals surface area contributed by atoms with Crippen molar-refractivity contribution in [2.45, 2.75) is 5.16 Å². The molecule has 0 aliphatic heterocycles. The van der Waals surface area contributed by atoms with Gasteiger partial charge in [0, 0.05) is 17.2 Å². The van der Waals surface area contributed by atoms with E-state index in [-0.39, 0.29) is 16.6 Å². The molecule has 0 fully saturated rings. The molecule has 1 heterocycles. The van der Waals surface area contributed by atoms with Crippen LogP contribution in [0.3, 0.4) is 0 Å². The Morgan fingerprint density at radius 3 is 2.27 bits per heavy atom. The summed E-state index contributed by atoms with van der Waals surface area (Å²) in [6.45, 7) is 0. The topological polar surface area (TPSA) is 88.9 Å². The lowest BCUT2D eigenvalue weighted by Gasteiger charge is -2.12. The summed E-state index contributed by atoms with van der Waals surface area (Å²) in [6.07, 6.45) is 0. The van der Waals surface area contributed by atoms with Crippen molar-refractivity contribution in [3.8, 4) is 17.1 Å². The van der Waals surface area contributed by atoms with E-state index in [4.69, 9.17) is 0 Å². The van der Waals surface area contributed by atoms with Gasteiger partial charge < -0.3 is 0 Å². The highest BCUT2D eigenvalue weighted by Gasteiger charge is 2.20. The van der Waals surface area contributed by atoms with Crippen molar-refractivity contribution < 1.29 is 18.4 Å². The highest BCUT2D eigenvalue weighted by molar-refractivity contribution is 7.99. The molecule has 0 unspecified atom stereocenters. The van der Waals surface area contributed by atoms with Crippen LogP contribution in [0.1, 0.15) is 10.4 Å². The standard InChI is InChI=1S/C23H17F2N5O2S/c24-17-11-12-19(18(25)13-17)30-21(15-7-3-1-4-8-15)27-29-23(30)33-14-20(31)26-28-22(32)16-9-5-2-6-10-16/h1-13H,14H2,(H,26,31)(H,28,32). The SMILES string of the molecule is O=C(CSc1nnc(-c2ccccc2)n1-c1ccc(F)cc1F)NNC(=O)c1ccccc1. The number of aromatic nitrogens is 3. The minimum atomic E-state index is -0.798. The first-order chi connectivity index (χ1) is 16.0. The highest BCUT2D eigenvalue weighted by atomic mass is 32.2. The van der Waals surface area contributed by atoms with Gasteiger partial charge in [0.05, 0.1) is 11.4 Å². The van der Waals surface area contributed by atoms with Crippen LogP contribution in [-0.4, -0.2) is 32.3 Å². The summed E-state index contributed by atoms with van der Waals surface area (Å²) < 4.78 is 29.5. The number of carbonyl (C=O) groups excluding carboxylic acids is 2. The Balaban J connectivity index is 1.52. The second kappa shape index (κ2) is 10.0. The fourth-order valence-corrected chi connectivity index (χ4v) is 3.72. The predicted octanol–water partition coefficient (Wildman–Crippen LogP) is 3.77. The minimum absolute atomic E-state index is 0.0422. The van der Waals surface area contributed by atoms with Crippen LogP contribution in [0.2, 0.25) is 0 Å². The molecule has 10 heteroatoms. The van der Waals surface area contributed by atoms with Crippen LogP contribution in [-0.2, 0) is 4.79 Å². The number of carbonyl (C=O) groups is 2. The third kappa shape index (κ3) is 5.24. The van der Waals surface area contributed by atoms with Gasteiger partial charge in [-0.1, -0.05) is 60.3 Å². The Hall–Kier alpha value is -4.05. The summed E-state index contributed by atoms with van der Waals surface area (Å²) in [5.41, 5.74) is 5.76. The first kappa shape index (κ1) is 22.2. The molecule has 0 saturated heterocycles. The second-order valence-corrected chi connectivity index (χ2v) is 7.70. The fraction of sp³-hybridized carbons (Fsp3) is 0.0435. The average molecular weight is 465 g/mol. The van der Waals surface area contributed by atoms with Gasteiger partial charge in [-0.05, 0) is 24.3 Å². The van der Waals surface area contributed by atoms with Crippen LogP contribution in [0.15, 0.2) is 84.0 Å². The number of nitrogens with one attached hydrogen (secondary N) is 2. The molecule has 0 aliphatic carbocycles. The monoisotopic (exact) mass is 465 g/mol. The molecule has 0 spiro atoms. The molecule has 2 N–H and O–H groups in total. The van der Waals surface area contributed by atoms with Crippen LogP contribution < -0.4 is 10.9 Å². The van der Waals surface area contributed by atoms with Crippen molar-refractivity contribution in [1.29, 1.82) is 0 Å². The van der Waals surface area contributed by atoms with E-state index in [2.05, 4.69) is 21.0 Å². The van der Waals surface area contributed by atoms with Crippen molar-refractivity contribution in [1.82, 2.24) is 25.6 Å². The van der Waals surface area contributed by atoms with Gasteiger partial charge in [-0.15, -0.1) is 10.2 Å². The Kier molecular flexibility index (Phi) is 6.75. The van der Waals surface area contributed by atoms with Gasteiger partial charge >= 0.3 is 0 Å². The van der Waals surface area contributed by atoms with Gasteiger partial charge in [-0.2, -0.15) is 0 Å². The molecule has 0 bridgehead atoms. The summed E-state index contributed by atoms with van der Waals surface area (Å²) >= 11 is 0.991. The van der Waals surface area contributed by atoms with E-state index in [9.17, 15) is 18.4 Å². The number of benzene rings is 3. The zero-order valence-electron chi connectivity index (χ0n) is 17.0. The number of nitrogens with zero attached hydrogens (tertiary/aromatic N) is 3. The third-order valence-corrected chi connectivity index (χ3v) is 5.43. The lowest BCUT2D eigenvalue weighted by Crippen LogP contribution is -2.42. The van der Waals surface area contributed by atoms with Crippen LogP contribution in [0.4, 0.5) is 8.78 Å². The Bertz CT molecular complexity index is 1280. The van der Waals surface area contributed by atoms with Crippen LogP contribution in [0.25, 0.3) is 17.1 Å². The number of amides is 2. The van der Waals surface area contributed by atoms with E-state index in [1.54, 1.807) is 54.6 Å². The van der Waals surface area contributed by atoms with E-state index in [0.29, 0.717) is 17.0 Å². The van der Waals surface area contributed by atoms with Gasteiger partial charge in [-0.3, -0.25) is 25.0 Å². The molecule has 33 heavy (non-hydrogen) atoms. The van der Waals surface area contributed by atoms with E-state index in [1.807, 2.05) is 6.07 Å². The quantitative estimate of drug-likeness (QED) is 0.334. The number of hydrogen-bond donors (Lipinski definition) is 2. The molecule has 0 aliphatic rings. The molecule has 3 aromatic carbocycles. The highest BCUT2D eigenvalue weighted by Crippen LogP contribution is 2.29. The molecular weight excluding hydrogens is 448 g/mol. The molecule has 4 rings (SSSR count). The number of hydrogen-bond acceptors (Lipinski definition) is 5. The summed E-state index contributed by atoms with van der Waals surface area (Å²) in [5.74, 6) is -2.27. The van der Waals surface area contributed by atoms with E-state index in [1.165, 1.54) is 10.6 Å². The van der Waals surface area contributed by atoms with E-state index < -0.39 is 23.4 Å². The number of halogens is 2. The molecule has 0 saturated carbocycles. The van der Waals surface area contributed by atoms with Crippen molar-refractivity contribution >= 4 is 23.6 Å². The lowest BCUT2D eigenvalue weighted by atomic mass is 10.2. The minimum Gasteiger partial charge on any atom is -0.272 e. The molecule has 4 aromatic rings. The second-order valence-electron chi connectivity index (χ2n) is 6.76. The van der Waals surface area contributed by atoms with Crippen molar-refractivity contribution in [2.75, 3.05) is 5.75 Å². The largest absolute Gasteiger partial charge is 0.272 e. The van der Waals surface area contributed by atoms with Crippen molar-refractivity contribution in [2.24, 2.45) is 0 Å². The summed E-state index contributed by atoms with van der Waals surface area (Å²) in [5, 5.41) is 8.47. The Morgan fingerprint density at radius 2 is 1.58 bits per heavy atom. The maximum Gasteiger partial charge on any atom is 0.269 e. The fourth-order valence-electron chi connectivity index (χ4n) is 2.97. The van der Waals surface area contributed by atoms with Gasteiger partial charge in [0.15, 0.2) is 11.0 Å². The molecule has 166 valence electrons.